The van der Waals surface area contributed by atoms with Crippen molar-refractivity contribution >= 4 is 45.2 Å². The first-order valence-electron chi connectivity index (χ1n) is 12.7. The molecule has 0 saturated carbocycles. The van der Waals surface area contributed by atoms with Crippen molar-refractivity contribution in [2.24, 2.45) is 5.73 Å². The number of halogens is 2. The summed E-state index contributed by atoms with van der Waals surface area (Å²) in [6.45, 7) is -0.799. The number of imidazole rings is 1. The number of anilines is 2. The van der Waals surface area contributed by atoms with Gasteiger partial charge in [-0.2, -0.15) is 0 Å². The van der Waals surface area contributed by atoms with Gasteiger partial charge in [0.1, 0.15) is 0 Å². The van der Waals surface area contributed by atoms with Gasteiger partial charge in [-0.1, -0.05) is 0 Å². The van der Waals surface area contributed by atoms with Crippen LogP contribution in [-0.4, -0.2) is 64.8 Å². The maximum atomic E-state index is 15.8. The first-order valence-corrected chi connectivity index (χ1v) is 16.1. The monoisotopic (exact) mass is 680 g/mol. The van der Waals surface area contributed by atoms with E-state index in [1.165, 1.54) is 4.90 Å². The van der Waals surface area contributed by atoms with Crippen molar-refractivity contribution in [3.05, 3.63) is 57.6 Å². The number of H-pyrrole nitrogens is 1. The quantitative estimate of drug-likeness (QED) is 0.133. The summed E-state index contributed by atoms with van der Waals surface area (Å²) < 4.78 is 63.6. The summed E-state index contributed by atoms with van der Waals surface area (Å²) in [5.74, 6) is -5.65. The fourth-order valence-corrected chi connectivity index (χ4v) is 6.45. The molecule has 3 aromatic rings. The number of fused-ring (bicyclic) bond motifs is 5. The molecule has 12 N–H and O–H groups in total. The number of ether oxygens (including phenoxy) is 1. The summed E-state index contributed by atoms with van der Waals surface area (Å²) in [5, 5.41) is 8.86. The second kappa shape index (κ2) is 10.3. The van der Waals surface area contributed by atoms with E-state index in [-0.39, 0.29) is 30.4 Å². The van der Waals surface area contributed by atoms with Gasteiger partial charge < -0.3 is 0 Å². The SMILES string of the molecule is NC1=C2NCN(c3oc4c(c3F)O[PH](O)(O)O/C=C3/OC(n5cnc6c(=O)[nH]c(N)nc65)=C(O[PH](O)(O)OC4)[C@@H]3F)C2NCN1. The van der Waals surface area contributed by atoms with E-state index in [2.05, 4.69) is 30.9 Å². The molecular weight excluding hydrogens is 656 g/mol. The molecule has 1 unspecified atom stereocenters. The van der Waals surface area contributed by atoms with Gasteiger partial charge >= 0.3 is 248 Å². The third-order valence-electron chi connectivity index (χ3n) is 6.76. The molecular formula is C20H24F2N10O11P2. The molecule has 1 saturated heterocycles. The second-order valence-electron chi connectivity index (χ2n) is 9.67. The van der Waals surface area contributed by atoms with E-state index in [1.54, 1.807) is 0 Å². The van der Waals surface area contributed by atoms with Crippen LogP contribution >= 0.6 is 16.3 Å². The molecule has 0 amide bonds. The van der Waals surface area contributed by atoms with Crippen LogP contribution in [0.1, 0.15) is 5.76 Å². The Bertz CT molecular complexity index is 1870. The third-order valence-corrected chi connectivity index (χ3v) is 8.66. The number of rotatable bonds is 2. The predicted molar refractivity (Wildman–Crippen MR) is 148 cm³/mol. The Morgan fingerprint density at radius 3 is 2.73 bits per heavy atom. The summed E-state index contributed by atoms with van der Waals surface area (Å²) >= 11 is 0. The van der Waals surface area contributed by atoms with E-state index in [1.807, 2.05) is 0 Å². The molecule has 7 rings (SSSR count). The number of nitrogens with one attached hydrogen (secondary N) is 4. The van der Waals surface area contributed by atoms with E-state index < -0.39 is 81.5 Å². The Hall–Kier alpha value is -4.47. The zero-order chi connectivity index (χ0) is 31.8. The van der Waals surface area contributed by atoms with E-state index in [4.69, 9.17) is 38.7 Å². The first kappa shape index (κ1) is 29.3. The predicted octanol–water partition coefficient (Wildman–Crippen LogP) is -1.83. The van der Waals surface area contributed by atoms with Gasteiger partial charge in [-0.15, -0.1) is 0 Å². The van der Waals surface area contributed by atoms with E-state index >= 15 is 8.78 Å². The number of aromatic nitrogens is 4. The molecule has 0 spiro atoms. The molecule has 244 valence electrons. The number of furan rings is 1. The summed E-state index contributed by atoms with van der Waals surface area (Å²) in [7, 11) is -10.8. The van der Waals surface area contributed by atoms with Crippen molar-refractivity contribution in [2.45, 2.75) is 18.9 Å². The van der Waals surface area contributed by atoms with Crippen LogP contribution in [0, 0.1) is 5.82 Å². The van der Waals surface area contributed by atoms with Gasteiger partial charge in [0.2, 0.25) is 0 Å². The zero-order valence-electron chi connectivity index (χ0n) is 22.3. The van der Waals surface area contributed by atoms with Crippen molar-refractivity contribution in [3.8, 4) is 5.75 Å². The first-order chi connectivity index (χ1) is 21.3. The van der Waals surface area contributed by atoms with E-state index in [0.717, 1.165) is 10.9 Å². The Kier molecular flexibility index (Phi) is 6.69. The Morgan fingerprint density at radius 1 is 1.13 bits per heavy atom. The molecule has 1 fully saturated rings. The van der Waals surface area contributed by atoms with E-state index in [0.29, 0.717) is 17.8 Å². The number of nitrogens with two attached hydrogens (primary N) is 2. The van der Waals surface area contributed by atoms with Gasteiger partial charge in [0.25, 0.3) is 0 Å². The Labute approximate surface area is 248 Å². The molecule has 3 aromatic heterocycles. The average Bonchev–Trinajstić information content (AvgIpc) is 3.72. The zero-order valence-corrected chi connectivity index (χ0v) is 24.3. The van der Waals surface area contributed by atoms with Gasteiger partial charge in [-0.3, -0.25) is 0 Å². The average molecular weight is 680 g/mol. The maximum absolute atomic E-state index is 15.8. The fraction of sp³-hybridized carbons (Fsp3) is 0.250. The van der Waals surface area contributed by atoms with Crippen LogP contribution in [0.4, 0.5) is 20.6 Å². The number of alkyl halides is 1. The van der Waals surface area contributed by atoms with Crippen molar-refractivity contribution in [3.63, 3.8) is 0 Å². The Balaban J connectivity index is 1.28. The molecule has 7 heterocycles. The molecule has 0 radical (unpaired) electrons. The molecule has 2 bridgehead atoms. The number of nitrogens with zero attached hydrogens (tertiary/aromatic N) is 4. The van der Waals surface area contributed by atoms with Crippen LogP contribution in [-0.2, 0) is 24.9 Å². The standard InChI is InChI=1S/C20H24F2N10O11P2/c21-8-6-1-38-44(34,35)42-12-7(41-18(9(12)22)31-4-27-10-14(23)25-3-26-15(10)31)2-39-45(36,37)43-13(8)19(40-6)32-5-28-11-16(32)29-20(24)30-17(11)33/h1,5,8,15,25-27,34-37,44-45H,2-4,23H2,(H3,24,29,30,33)/b6-1+/t8-,15?/m1/s1. The van der Waals surface area contributed by atoms with Crippen LogP contribution in [0.2, 0.25) is 0 Å². The summed E-state index contributed by atoms with van der Waals surface area (Å²) in [6.07, 6.45) is -1.80. The number of hydrogen-bond donors (Lipinski definition) is 10. The summed E-state index contributed by atoms with van der Waals surface area (Å²) in [6, 6.07) is 0. The van der Waals surface area contributed by atoms with Gasteiger partial charge in [0.05, 0.1) is 0 Å². The van der Waals surface area contributed by atoms with Crippen LogP contribution in [0.3, 0.4) is 0 Å². The van der Waals surface area contributed by atoms with Gasteiger partial charge in [-0.25, -0.2) is 0 Å². The number of nitrogen functional groups attached to an aromatic ring is 1. The summed E-state index contributed by atoms with van der Waals surface area (Å²) in [5.41, 5.74) is 10.8. The topological polar surface area (TPSA) is 295 Å². The Morgan fingerprint density at radius 2 is 1.93 bits per heavy atom. The summed E-state index contributed by atoms with van der Waals surface area (Å²) in [4.78, 5) is 66.1. The van der Waals surface area contributed by atoms with Crippen molar-refractivity contribution in [2.75, 3.05) is 24.0 Å². The van der Waals surface area contributed by atoms with Crippen LogP contribution in [0.15, 0.2) is 44.8 Å². The van der Waals surface area contributed by atoms with Crippen LogP contribution in [0.25, 0.3) is 17.0 Å². The minimum atomic E-state index is -5.42. The van der Waals surface area contributed by atoms with Crippen LogP contribution in [0.5, 0.6) is 5.75 Å². The fourth-order valence-electron chi connectivity index (χ4n) is 4.80. The molecule has 4 aliphatic rings. The molecule has 4 aliphatic heterocycles. The van der Waals surface area contributed by atoms with Gasteiger partial charge in [0, 0.05) is 0 Å². The molecule has 0 aliphatic carbocycles. The van der Waals surface area contributed by atoms with Crippen molar-refractivity contribution in [1.82, 2.24) is 35.5 Å². The van der Waals surface area contributed by atoms with Crippen molar-refractivity contribution in [1.29, 1.82) is 0 Å². The van der Waals surface area contributed by atoms with Crippen molar-refractivity contribution < 1.29 is 55.6 Å². The molecule has 0 aromatic carbocycles. The minimum absolute atomic E-state index is 0.0216. The van der Waals surface area contributed by atoms with E-state index in [9.17, 15) is 24.4 Å². The third kappa shape index (κ3) is 5.00. The van der Waals surface area contributed by atoms with Gasteiger partial charge in [0.15, 0.2) is 0 Å². The molecule has 21 nitrogen and oxygen atoms in total. The number of aromatic amines is 1. The molecule has 25 heteroatoms. The normalized spacial score (nSPS) is 26.6. The van der Waals surface area contributed by atoms with Gasteiger partial charge in [-0.05, 0) is 0 Å². The number of hydrogen-bond acceptors (Lipinski definition) is 19. The second-order valence-corrected chi connectivity index (χ2v) is 12.8. The van der Waals surface area contributed by atoms with Crippen LogP contribution < -0.4 is 42.4 Å². The molecule has 45 heavy (non-hydrogen) atoms. The molecule has 2 atom stereocenters.